The zero-order chi connectivity index (χ0) is 23.4. The first-order valence-corrected chi connectivity index (χ1v) is 11.5. The minimum atomic E-state index is -0.741. The quantitative estimate of drug-likeness (QED) is 0.386. The van der Waals surface area contributed by atoms with E-state index < -0.39 is 18.0 Å². The lowest BCUT2D eigenvalue weighted by Gasteiger charge is -2.27. The number of nitrogens with one attached hydrogen (secondary N) is 2. The highest BCUT2D eigenvalue weighted by Gasteiger charge is 2.35. The van der Waals surface area contributed by atoms with E-state index in [1.54, 1.807) is 26.0 Å². The summed E-state index contributed by atoms with van der Waals surface area (Å²) in [7, 11) is 1.90. The molecule has 0 radical (unpaired) electrons. The maximum absolute atomic E-state index is 12.8. The van der Waals surface area contributed by atoms with Gasteiger partial charge in [-0.2, -0.15) is 0 Å². The Bertz CT molecular complexity index is 1180. The number of furan rings is 1. The highest BCUT2D eigenvalue weighted by atomic mass is 32.2. The van der Waals surface area contributed by atoms with Gasteiger partial charge < -0.3 is 24.4 Å². The standard InChI is InChI=1S/C23H25N5O4S/c1-4-31-21(29)19-16(24-22(30)25-20(19)17-11-10-14(2)32-17)13-33-23-27-26-18(28(23)3)12-15-8-6-5-7-9-15/h5-11,20H,4,12-13H2,1-3H3,(H2,24,25,30)/t20-/m1/s1. The van der Waals surface area contributed by atoms with Gasteiger partial charge >= 0.3 is 12.0 Å². The first-order valence-electron chi connectivity index (χ1n) is 10.5. The number of rotatable bonds is 8. The van der Waals surface area contributed by atoms with Crippen LogP contribution in [0.1, 0.15) is 35.9 Å². The summed E-state index contributed by atoms with van der Waals surface area (Å²) < 4.78 is 12.9. The van der Waals surface area contributed by atoms with Crippen molar-refractivity contribution in [2.45, 2.75) is 31.5 Å². The number of thioether (sulfide) groups is 1. The summed E-state index contributed by atoms with van der Waals surface area (Å²) >= 11 is 1.38. The van der Waals surface area contributed by atoms with Crippen molar-refractivity contribution < 1.29 is 18.7 Å². The SMILES string of the molecule is CCOC(=O)C1=C(CSc2nnc(Cc3ccccc3)n2C)NC(=O)N[C@@H]1c1ccc(C)o1. The molecule has 0 saturated carbocycles. The van der Waals surface area contributed by atoms with Gasteiger partial charge in [0.05, 0.1) is 12.2 Å². The molecule has 2 N–H and O–H groups in total. The van der Waals surface area contributed by atoms with Crippen molar-refractivity contribution in [3.05, 3.63) is 76.6 Å². The molecule has 2 amide bonds. The van der Waals surface area contributed by atoms with Crippen molar-refractivity contribution in [3.8, 4) is 0 Å². The molecule has 0 aliphatic carbocycles. The van der Waals surface area contributed by atoms with Crippen molar-refractivity contribution >= 4 is 23.8 Å². The molecule has 0 bridgehead atoms. The summed E-state index contributed by atoms with van der Waals surface area (Å²) in [6.07, 6.45) is 0.655. The Morgan fingerprint density at radius 1 is 1.21 bits per heavy atom. The van der Waals surface area contributed by atoms with Crippen molar-refractivity contribution in [3.63, 3.8) is 0 Å². The van der Waals surface area contributed by atoms with Crippen LogP contribution in [0.4, 0.5) is 4.79 Å². The average Bonchev–Trinajstić information content (AvgIpc) is 3.38. The number of benzene rings is 1. The first kappa shape index (κ1) is 22.7. The molecule has 1 aliphatic heterocycles. The third-order valence-electron chi connectivity index (χ3n) is 5.17. The number of hydrogen-bond donors (Lipinski definition) is 2. The van der Waals surface area contributed by atoms with E-state index in [-0.39, 0.29) is 6.61 Å². The summed E-state index contributed by atoms with van der Waals surface area (Å²) in [5, 5.41) is 14.8. The minimum Gasteiger partial charge on any atom is -0.464 e. The predicted octanol–water partition coefficient (Wildman–Crippen LogP) is 3.27. The van der Waals surface area contributed by atoms with Gasteiger partial charge in [-0.25, -0.2) is 9.59 Å². The normalized spacial score (nSPS) is 15.8. The maximum atomic E-state index is 12.8. The van der Waals surface area contributed by atoms with Crippen LogP contribution in [0.5, 0.6) is 0 Å². The number of amides is 2. The van der Waals surface area contributed by atoms with E-state index in [9.17, 15) is 9.59 Å². The van der Waals surface area contributed by atoms with Crippen LogP contribution in [-0.2, 0) is 23.0 Å². The molecule has 1 aromatic carbocycles. The van der Waals surface area contributed by atoms with E-state index in [4.69, 9.17) is 9.15 Å². The molecular formula is C23H25N5O4S. The van der Waals surface area contributed by atoms with Gasteiger partial charge in [0.1, 0.15) is 23.4 Å². The molecule has 0 fully saturated rings. The lowest BCUT2D eigenvalue weighted by atomic mass is 10.0. The number of aromatic nitrogens is 3. The fraction of sp³-hybridized carbons (Fsp3) is 0.304. The second-order valence-corrected chi connectivity index (χ2v) is 8.44. The monoisotopic (exact) mass is 467 g/mol. The number of urea groups is 1. The summed E-state index contributed by atoms with van der Waals surface area (Å²) in [6, 6.07) is 12.4. The fourth-order valence-corrected chi connectivity index (χ4v) is 4.44. The smallest absolute Gasteiger partial charge is 0.338 e. The predicted molar refractivity (Wildman–Crippen MR) is 122 cm³/mol. The van der Waals surface area contributed by atoms with Crippen LogP contribution in [0.3, 0.4) is 0 Å². The van der Waals surface area contributed by atoms with Crippen LogP contribution < -0.4 is 10.6 Å². The molecule has 2 aromatic heterocycles. The largest absolute Gasteiger partial charge is 0.464 e. The number of esters is 1. The van der Waals surface area contributed by atoms with Crippen molar-refractivity contribution in [1.82, 2.24) is 25.4 Å². The van der Waals surface area contributed by atoms with Gasteiger partial charge in [-0.15, -0.1) is 10.2 Å². The Balaban J connectivity index is 1.59. The topological polar surface area (TPSA) is 111 Å². The van der Waals surface area contributed by atoms with Crippen LogP contribution in [0.2, 0.25) is 0 Å². The van der Waals surface area contributed by atoms with E-state index in [0.29, 0.717) is 40.1 Å². The van der Waals surface area contributed by atoms with E-state index in [0.717, 1.165) is 11.4 Å². The highest BCUT2D eigenvalue weighted by molar-refractivity contribution is 7.99. The Hall–Kier alpha value is -3.53. The first-order chi connectivity index (χ1) is 16.0. The Morgan fingerprint density at radius 2 is 2.00 bits per heavy atom. The molecule has 3 aromatic rings. The number of nitrogens with zero attached hydrogens (tertiary/aromatic N) is 3. The van der Waals surface area contributed by atoms with Crippen LogP contribution in [-0.4, -0.2) is 39.1 Å². The van der Waals surface area contributed by atoms with Crippen molar-refractivity contribution in [2.75, 3.05) is 12.4 Å². The number of ether oxygens (including phenoxy) is 1. The van der Waals surface area contributed by atoms with Gasteiger partial charge in [-0.05, 0) is 31.5 Å². The summed E-state index contributed by atoms with van der Waals surface area (Å²) in [6.45, 7) is 3.76. The van der Waals surface area contributed by atoms with Crippen LogP contribution in [0.15, 0.2) is 63.3 Å². The van der Waals surface area contributed by atoms with E-state index in [1.807, 2.05) is 41.9 Å². The van der Waals surface area contributed by atoms with Crippen molar-refractivity contribution in [2.24, 2.45) is 7.05 Å². The zero-order valence-corrected chi connectivity index (χ0v) is 19.4. The summed E-state index contributed by atoms with van der Waals surface area (Å²) in [4.78, 5) is 25.2. The van der Waals surface area contributed by atoms with Crippen LogP contribution in [0.25, 0.3) is 0 Å². The average molecular weight is 468 g/mol. The molecule has 1 atom stereocenters. The molecule has 1 aliphatic rings. The van der Waals surface area contributed by atoms with Gasteiger partial charge in [-0.1, -0.05) is 42.1 Å². The Labute approximate surface area is 195 Å². The van der Waals surface area contributed by atoms with Gasteiger partial charge in [0.25, 0.3) is 0 Å². The minimum absolute atomic E-state index is 0.215. The molecule has 10 heteroatoms. The molecule has 3 heterocycles. The third-order valence-corrected chi connectivity index (χ3v) is 6.22. The third kappa shape index (κ3) is 5.11. The van der Waals surface area contributed by atoms with Crippen LogP contribution >= 0.6 is 11.8 Å². The molecule has 0 spiro atoms. The van der Waals surface area contributed by atoms with E-state index in [2.05, 4.69) is 20.8 Å². The number of hydrogen-bond acceptors (Lipinski definition) is 7. The van der Waals surface area contributed by atoms with Gasteiger partial charge in [0, 0.05) is 24.9 Å². The van der Waals surface area contributed by atoms with Crippen LogP contribution in [0, 0.1) is 6.92 Å². The lowest BCUT2D eigenvalue weighted by Crippen LogP contribution is -2.46. The van der Waals surface area contributed by atoms with Crippen molar-refractivity contribution in [1.29, 1.82) is 0 Å². The maximum Gasteiger partial charge on any atom is 0.338 e. The second-order valence-electron chi connectivity index (χ2n) is 7.50. The Kier molecular flexibility index (Phi) is 6.83. The number of carbonyl (C=O) groups excluding carboxylic acids is 2. The van der Waals surface area contributed by atoms with E-state index >= 15 is 0 Å². The molecule has 9 nitrogen and oxygen atoms in total. The summed E-state index contributed by atoms with van der Waals surface area (Å²) in [5.41, 5.74) is 1.90. The molecule has 172 valence electrons. The van der Waals surface area contributed by atoms with Gasteiger partial charge in [0.2, 0.25) is 0 Å². The zero-order valence-electron chi connectivity index (χ0n) is 18.6. The molecule has 0 unspecified atom stereocenters. The molecule has 33 heavy (non-hydrogen) atoms. The lowest BCUT2D eigenvalue weighted by molar-refractivity contribution is -0.139. The Morgan fingerprint density at radius 3 is 2.70 bits per heavy atom. The summed E-state index contributed by atoms with van der Waals surface area (Å²) in [5.74, 6) is 1.76. The molecule has 4 rings (SSSR count). The second kappa shape index (κ2) is 9.95. The van der Waals surface area contributed by atoms with Gasteiger partial charge in [-0.3, -0.25) is 0 Å². The molecule has 0 saturated heterocycles. The highest BCUT2D eigenvalue weighted by Crippen LogP contribution is 2.31. The van der Waals surface area contributed by atoms with Gasteiger partial charge in [0.15, 0.2) is 5.16 Å². The number of aryl methyl sites for hydroxylation is 1. The molecular weight excluding hydrogens is 442 g/mol. The number of carbonyl (C=O) groups is 2. The fourth-order valence-electron chi connectivity index (χ4n) is 3.54. The van der Waals surface area contributed by atoms with E-state index in [1.165, 1.54) is 11.8 Å².